The molecule has 2 amide bonds. The van der Waals surface area contributed by atoms with Crippen LogP contribution >= 0.6 is 23.2 Å². The number of amides is 2. The fourth-order valence-electron chi connectivity index (χ4n) is 3.68. The molecular weight excluding hydrogens is 467 g/mol. The molecule has 3 rings (SSSR count). The molecule has 178 valence electrons. The summed E-state index contributed by atoms with van der Waals surface area (Å²) in [5.74, 6) is 0.127. The maximum absolute atomic E-state index is 13.7. The topological polar surface area (TPSA) is 49.4 Å². The van der Waals surface area contributed by atoms with Crippen molar-refractivity contribution < 1.29 is 9.59 Å². The van der Waals surface area contributed by atoms with E-state index in [4.69, 9.17) is 23.2 Å². The van der Waals surface area contributed by atoms with E-state index in [0.29, 0.717) is 22.5 Å². The minimum absolute atomic E-state index is 0.148. The van der Waals surface area contributed by atoms with Crippen molar-refractivity contribution in [3.05, 3.63) is 106 Å². The number of halogens is 2. The summed E-state index contributed by atoms with van der Waals surface area (Å²) in [5, 5.41) is 4.27. The van der Waals surface area contributed by atoms with Crippen LogP contribution in [0.15, 0.2) is 78.9 Å². The molecule has 0 fully saturated rings. The van der Waals surface area contributed by atoms with Crippen LogP contribution in [0.2, 0.25) is 10.0 Å². The van der Waals surface area contributed by atoms with Crippen molar-refractivity contribution >= 4 is 35.0 Å². The summed E-state index contributed by atoms with van der Waals surface area (Å²) < 4.78 is 0. The summed E-state index contributed by atoms with van der Waals surface area (Å²) in [6, 6.07) is 23.2. The molecule has 0 heterocycles. The van der Waals surface area contributed by atoms with Crippen LogP contribution < -0.4 is 5.32 Å². The molecule has 0 radical (unpaired) electrons. The van der Waals surface area contributed by atoms with Gasteiger partial charge in [-0.15, -0.1) is 0 Å². The first-order valence-electron chi connectivity index (χ1n) is 11.4. The summed E-state index contributed by atoms with van der Waals surface area (Å²) in [4.78, 5) is 28.8. The monoisotopic (exact) mass is 496 g/mol. The molecule has 0 aliphatic carbocycles. The molecule has 1 N–H and O–H groups in total. The van der Waals surface area contributed by atoms with E-state index < -0.39 is 6.04 Å². The first kappa shape index (κ1) is 25.8. The Morgan fingerprint density at radius 2 is 1.38 bits per heavy atom. The summed E-state index contributed by atoms with van der Waals surface area (Å²) in [6.07, 6.45) is 1.02. The van der Waals surface area contributed by atoms with Gasteiger partial charge in [0.25, 0.3) is 0 Å². The van der Waals surface area contributed by atoms with Crippen molar-refractivity contribution in [3.63, 3.8) is 0 Å². The van der Waals surface area contributed by atoms with Gasteiger partial charge in [0.1, 0.15) is 6.04 Å². The van der Waals surface area contributed by atoms with Crippen LogP contribution in [0.1, 0.15) is 43.0 Å². The molecular formula is C28H30Cl2N2O2. The van der Waals surface area contributed by atoms with Crippen LogP contribution in [-0.4, -0.2) is 23.3 Å². The van der Waals surface area contributed by atoms with Crippen LogP contribution in [0.3, 0.4) is 0 Å². The van der Waals surface area contributed by atoms with Crippen molar-refractivity contribution in [2.45, 2.75) is 39.3 Å². The largest absolute Gasteiger partial charge is 0.354 e. The van der Waals surface area contributed by atoms with Gasteiger partial charge in [0.15, 0.2) is 0 Å². The van der Waals surface area contributed by atoms with E-state index in [-0.39, 0.29) is 24.8 Å². The predicted octanol–water partition coefficient (Wildman–Crippen LogP) is 6.47. The van der Waals surface area contributed by atoms with Crippen LogP contribution in [0.5, 0.6) is 0 Å². The lowest BCUT2D eigenvalue weighted by Gasteiger charge is -2.32. The maximum Gasteiger partial charge on any atom is 0.247 e. The highest BCUT2D eigenvalue weighted by molar-refractivity contribution is 6.30. The van der Waals surface area contributed by atoms with Crippen LogP contribution in [-0.2, 0) is 22.6 Å². The van der Waals surface area contributed by atoms with Crippen LogP contribution in [0.4, 0.5) is 0 Å². The van der Waals surface area contributed by atoms with E-state index in [1.807, 2.05) is 54.6 Å². The third-order valence-electron chi connectivity index (χ3n) is 5.55. The van der Waals surface area contributed by atoms with Crippen LogP contribution in [0, 0.1) is 5.92 Å². The van der Waals surface area contributed by atoms with Gasteiger partial charge in [-0.05, 0) is 53.3 Å². The summed E-state index contributed by atoms with van der Waals surface area (Å²) in [7, 11) is 0. The summed E-state index contributed by atoms with van der Waals surface area (Å²) in [5.41, 5.74) is 2.50. The van der Waals surface area contributed by atoms with Crippen molar-refractivity contribution in [2.75, 3.05) is 6.54 Å². The fraction of sp³-hybridized carbons (Fsp3) is 0.286. The molecule has 0 spiro atoms. The zero-order valence-corrected chi connectivity index (χ0v) is 21.0. The second-order valence-corrected chi connectivity index (χ2v) is 9.61. The van der Waals surface area contributed by atoms with Gasteiger partial charge in [0, 0.05) is 23.1 Å². The minimum atomic E-state index is -0.760. The van der Waals surface area contributed by atoms with Crippen molar-refractivity contribution in [2.24, 2.45) is 5.92 Å². The number of benzene rings is 3. The number of rotatable bonds is 10. The van der Waals surface area contributed by atoms with E-state index in [1.165, 1.54) is 0 Å². The van der Waals surface area contributed by atoms with Gasteiger partial charge in [0.05, 0.1) is 6.42 Å². The number of nitrogens with zero attached hydrogens (tertiary/aromatic N) is 1. The van der Waals surface area contributed by atoms with Gasteiger partial charge < -0.3 is 10.2 Å². The van der Waals surface area contributed by atoms with E-state index in [1.54, 1.807) is 29.2 Å². The Labute approximate surface area is 211 Å². The first-order chi connectivity index (χ1) is 16.3. The zero-order valence-electron chi connectivity index (χ0n) is 19.5. The van der Waals surface area contributed by atoms with Gasteiger partial charge in [0.2, 0.25) is 11.8 Å². The second-order valence-electron chi connectivity index (χ2n) is 8.74. The van der Waals surface area contributed by atoms with Gasteiger partial charge in [-0.3, -0.25) is 9.59 Å². The van der Waals surface area contributed by atoms with E-state index in [0.717, 1.165) is 23.1 Å². The van der Waals surface area contributed by atoms with E-state index in [9.17, 15) is 9.59 Å². The highest BCUT2D eigenvalue weighted by Gasteiger charge is 2.31. The number of carbonyl (C=O) groups excluding carboxylic acids is 2. The molecule has 0 unspecified atom stereocenters. The van der Waals surface area contributed by atoms with Gasteiger partial charge in [-0.25, -0.2) is 0 Å². The van der Waals surface area contributed by atoms with Crippen molar-refractivity contribution in [1.82, 2.24) is 10.2 Å². The Kier molecular flexibility index (Phi) is 9.55. The average molecular weight is 497 g/mol. The molecule has 3 aromatic rings. The molecule has 0 aromatic heterocycles. The molecule has 6 heteroatoms. The number of hydrogen-bond acceptors (Lipinski definition) is 2. The standard InChI is InChI=1S/C28H30Cl2N2O2/c1-20(2)16-17-31-28(34)27(23-6-4-3-5-7-23)32(19-22-10-14-25(30)15-11-22)26(33)18-21-8-12-24(29)13-9-21/h3-15,20,27H,16-19H2,1-2H3,(H,31,34)/t27-/m1/s1. The highest BCUT2D eigenvalue weighted by Crippen LogP contribution is 2.26. The SMILES string of the molecule is CC(C)CCNC(=O)[C@@H](c1ccccc1)N(Cc1ccc(Cl)cc1)C(=O)Cc1ccc(Cl)cc1. The average Bonchev–Trinajstić information content (AvgIpc) is 2.82. The van der Waals surface area contributed by atoms with Crippen LogP contribution in [0.25, 0.3) is 0 Å². The molecule has 34 heavy (non-hydrogen) atoms. The van der Waals surface area contributed by atoms with Gasteiger partial charge in [-0.2, -0.15) is 0 Å². The third kappa shape index (κ3) is 7.61. The Balaban J connectivity index is 1.95. The summed E-state index contributed by atoms with van der Waals surface area (Å²) in [6.45, 7) is 5.06. The first-order valence-corrected chi connectivity index (χ1v) is 12.2. The minimum Gasteiger partial charge on any atom is -0.354 e. The maximum atomic E-state index is 13.7. The molecule has 0 saturated carbocycles. The van der Waals surface area contributed by atoms with Gasteiger partial charge in [-0.1, -0.05) is 91.6 Å². The number of carbonyl (C=O) groups is 2. The number of nitrogens with one attached hydrogen (secondary N) is 1. The van der Waals surface area contributed by atoms with E-state index in [2.05, 4.69) is 19.2 Å². The molecule has 1 atom stereocenters. The molecule has 4 nitrogen and oxygen atoms in total. The van der Waals surface area contributed by atoms with Gasteiger partial charge >= 0.3 is 0 Å². The Hall–Kier alpha value is -2.82. The lowest BCUT2D eigenvalue weighted by Crippen LogP contribution is -2.44. The van der Waals surface area contributed by atoms with Crippen molar-refractivity contribution in [3.8, 4) is 0 Å². The molecule has 3 aromatic carbocycles. The quantitative estimate of drug-likeness (QED) is 0.349. The third-order valence-corrected chi connectivity index (χ3v) is 6.06. The lowest BCUT2D eigenvalue weighted by atomic mass is 10.0. The highest BCUT2D eigenvalue weighted by atomic mass is 35.5. The zero-order chi connectivity index (χ0) is 24.5. The Bertz CT molecular complexity index is 1070. The molecule has 0 aliphatic heterocycles. The predicted molar refractivity (Wildman–Crippen MR) is 139 cm³/mol. The lowest BCUT2D eigenvalue weighted by molar-refractivity contribution is -0.141. The molecule has 0 saturated heterocycles. The smallest absolute Gasteiger partial charge is 0.247 e. The Morgan fingerprint density at radius 3 is 1.94 bits per heavy atom. The molecule has 0 bridgehead atoms. The second kappa shape index (κ2) is 12.6. The normalized spacial score (nSPS) is 11.8. The fourth-order valence-corrected chi connectivity index (χ4v) is 3.93. The summed E-state index contributed by atoms with van der Waals surface area (Å²) >= 11 is 12.1. The number of hydrogen-bond donors (Lipinski definition) is 1. The van der Waals surface area contributed by atoms with E-state index >= 15 is 0 Å². The Morgan fingerprint density at radius 1 is 0.824 bits per heavy atom. The molecule has 0 aliphatic rings. The van der Waals surface area contributed by atoms with Crippen molar-refractivity contribution in [1.29, 1.82) is 0 Å².